The Morgan fingerprint density at radius 1 is 1.50 bits per heavy atom. The van der Waals surface area contributed by atoms with E-state index in [4.69, 9.17) is 17.3 Å². The number of imidazole rings is 1. The maximum Gasteiger partial charge on any atom is 0.138 e. The number of halogens is 1. The van der Waals surface area contributed by atoms with E-state index in [9.17, 15) is 0 Å². The summed E-state index contributed by atoms with van der Waals surface area (Å²) in [6, 6.07) is 3.63. The summed E-state index contributed by atoms with van der Waals surface area (Å²) in [5, 5.41) is 0.659. The quantitative estimate of drug-likeness (QED) is 0.675. The van der Waals surface area contributed by atoms with E-state index in [1.807, 2.05) is 13.0 Å². The lowest BCUT2D eigenvalue weighted by Crippen LogP contribution is -1.93. The van der Waals surface area contributed by atoms with E-state index in [-0.39, 0.29) is 0 Å². The van der Waals surface area contributed by atoms with Gasteiger partial charge in [-0.15, -0.1) is 0 Å². The molecule has 0 unspecified atom stereocenters. The SMILES string of the molecule is Cc1nc2ccc(Cl)cn2c1N. The first kappa shape index (κ1) is 7.43. The van der Waals surface area contributed by atoms with Crippen LogP contribution in [0.15, 0.2) is 18.3 Å². The first-order chi connectivity index (χ1) is 5.68. The number of anilines is 1. The van der Waals surface area contributed by atoms with E-state index in [0.717, 1.165) is 11.3 Å². The van der Waals surface area contributed by atoms with Crippen LogP contribution in [0.3, 0.4) is 0 Å². The third-order valence-corrected chi connectivity index (χ3v) is 2.03. The van der Waals surface area contributed by atoms with Gasteiger partial charge in [0.1, 0.15) is 11.5 Å². The fourth-order valence-corrected chi connectivity index (χ4v) is 1.32. The highest BCUT2D eigenvalue weighted by Crippen LogP contribution is 2.16. The zero-order chi connectivity index (χ0) is 8.72. The molecule has 0 saturated heterocycles. The first-order valence-electron chi connectivity index (χ1n) is 3.58. The number of fused-ring (bicyclic) bond motifs is 1. The van der Waals surface area contributed by atoms with Gasteiger partial charge in [0.15, 0.2) is 0 Å². The van der Waals surface area contributed by atoms with Gasteiger partial charge in [-0.25, -0.2) is 4.98 Å². The molecule has 0 radical (unpaired) electrons. The van der Waals surface area contributed by atoms with E-state index in [2.05, 4.69) is 4.98 Å². The molecule has 2 aromatic heterocycles. The molecule has 0 saturated carbocycles. The molecule has 0 aliphatic carbocycles. The molecule has 0 fully saturated rings. The number of aryl methyl sites for hydroxylation is 1. The Balaban J connectivity index is 2.88. The molecule has 0 bridgehead atoms. The van der Waals surface area contributed by atoms with Gasteiger partial charge in [-0.05, 0) is 19.1 Å². The average Bonchev–Trinajstić information content (AvgIpc) is 2.31. The number of aromatic nitrogens is 2. The number of nitrogens with two attached hydrogens (primary N) is 1. The van der Waals surface area contributed by atoms with Gasteiger partial charge >= 0.3 is 0 Å². The molecule has 62 valence electrons. The molecule has 3 nitrogen and oxygen atoms in total. The third-order valence-electron chi connectivity index (χ3n) is 1.80. The van der Waals surface area contributed by atoms with Crippen LogP contribution in [0.25, 0.3) is 5.65 Å². The lowest BCUT2D eigenvalue weighted by atomic mass is 10.5. The zero-order valence-corrected chi connectivity index (χ0v) is 7.34. The van der Waals surface area contributed by atoms with Crippen LogP contribution in [0.5, 0.6) is 0 Å². The summed E-state index contributed by atoms with van der Waals surface area (Å²) in [5.41, 5.74) is 7.41. The van der Waals surface area contributed by atoms with Gasteiger partial charge < -0.3 is 5.73 Å². The predicted molar refractivity (Wildman–Crippen MR) is 49.4 cm³/mol. The Hall–Kier alpha value is -1.22. The fourth-order valence-electron chi connectivity index (χ4n) is 1.15. The van der Waals surface area contributed by atoms with E-state index < -0.39 is 0 Å². The molecule has 2 heterocycles. The molecule has 2 aromatic rings. The van der Waals surface area contributed by atoms with Gasteiger partial charge in [0.2, 0.25) is 0 Å². The van der Waals surface area contributed by atoms with Gasteiger partial charge in [-0.2, -0.15) is 0 Å². The maximum absolute atomic E-state index is 5.80. The van der Waals surface area contributed by atoms with Crippen LogP contribution < -0.4 is 5.73 Å². The van der Waals surface area contributed by atoms with Crippen molar-refractivity contribution < 1.29 is 0 Å². The smallest absolute Gasteiger partial charge is 0.138 e. The standard InChI is InChI=1S/C8H8ClN3/c1-5-8(10)12-4-6(9)2-3-7(12)11-5/h2-4H,10H2,1H3. The molecule has 4 heteroatoms. The highest BCUT2D eigenvalue weighted by atomic mass is 35.5. The fraction of sp³-hybridized carbons (Fsp3) is 0.125. The number of nitrogen functional groups attached to an aromatic ring is 1. The van der Waals surface area contributed by atoms with Crippen molar-refractivity contribution >= 4 is 23.1 Å². The van der Waals surface area contributed by atoms with Gasteiger partial charge in [-0.3, -0.25) is 4.40 Å². The van der Waals surface area contributed by atoms with E-state index in [0.29, 0.717) is 10.8 Å². The summed E-state index contributed by atoms with van der Waals surface area (Å²) in [6.07, 6.45) is 1.76. The first-order valence-corrected chi connectivity index (χ1v) is 3.96. The molecular weight excluding hydrogens is 174 g/mol. The number of hydrogen-bond acceptors (Lipinski definition) is 2. The van der Waals surface area contributed by atoms with Crippen LogP contribution in [-0.2, 0) is 0 Å². The average molecular weight is 182 g/mol. The summed E-state index contributed by atoms with van der Waals surface area (Å²) in [7, 11) is 0. The molecule has 0 aliphatic heterocycles. The van der Waals surface area contributed by atoms with Crippen molar-refractivity contribution in [2.24, 2.45) is 0 Å². The Morgan fingerprint density at radius 2 is 2.25 bits per heavy atom. The molecule has 0 aliphatic rings. The monoisotopic (exact) mass is 181 g/mol. The van der Waals surface area contributed by atoms with Gasteiger partial charge in [0, 0.05) is 6.20 Å². The summed E-state index contributed by atoms with van der Waals surface area (Å²) < 4.78 is 1.78. The normalized spacial score (nSPS) is 10.8. The minimum atomic E-state index is 0.646. The summed E-state index contributed by atoms with van der Waals surface area (Å²) in [4.78, 5) is 4.23. The minimum Gasteiger partial charge on any atom is -0.383 e. The molecule has 0 amide bonds. The van der Waals surface area contributed by atoms with Gasteiger partial charge in [0.05, 0.1) is 10.7 Å². The van der Waals surface area contributed by atoms with E-state index in [1.54, 1.807) is 16.7 Å². The maximum atomic E-state index is 5.80. The molecule has 0 atom stereocenters. The predicted octanol–water partition coefficient (Wildman–Crippen LogP) is 1.88. The number of pyridine rings is 1. The van der Waals surface area contributed by atoms with E-state index in [1.165, 1.54) is 0 Å². The summed E-state index contributed by atoms with van der Waals surface area (Å²) >= 11 is 5.80. The highest BCUT2D eigenvalue weighted by molar-refractivity contribution is 6.30. The summed E-state index contributed by atoms with van der Waals surface area (Å²) in [5.74, 6) is 0.646. The Morgan fingerprint density at radius 3 is 3.00 bits per heavy atom. The van der Waals surface area contributed by atoms with Crippen LogP contribution >= 0.6 is 11.6 Å². The van der Waals surface area contributed by atoms with E-state index >= 15 is 0 Å². The summed E-state index contributed by atoms with van der Waals surface area (Å²) in [6.45, 7) is 1.87. The molecule has 2 N–H and O–H groups in total. The molecule has 2 rings (SSSR count). The van der Waals surface area contributed by atoms with Gasteiger partial charge in [0.25, 0.3) is 0 Å². The minimum absolute atomic E-state index is 0.646. The molecule has 12 heavy (non-hydrogen) atoms. The highest BCUT2D eigenvalue weighted by Gasteiger charge is 2.03. The largest absolute Gasteiger partial charge is 0.383 e. The molecular formula is C8H8ClN3. The van der Waals surface area contributed by atoms with Crippen molar-refractivity contribution in [3.05, 3.63) is 29.0 Å². The molecule has 0 aromatic carbocycles. The second-order valence-electron chi connectivity index (χ2n) is 2.66. The lowest BCUT2D eigenvalue weighted by Gasteiger charge is -1.95. The second kappa shape index (κ2) is 2.38. The number of hydrogen-bond donors (Lipinski definition) is 1. The van der Waals surface area contributed by atoms with Crippen molar-refractivity contribution in [2.45, 2.75) is 6.92 Å². The topological polar surface area (TPSA) is 43.3 Å². The van der Waals surface area contributed by atoms with Crippen molar-refractivity contribution in [1.82, 2.24) is 9.38 Å². The van der Waals surface area contributed by atoms with Crippen molar-refractivity contribution in [2.75, 3.05) is 5.73 Å². The van der Waals surface area contributed by atoms with Gasteiger partial charge in [-0.1, -0.05) is 11.6 Å². The Bertz CT molecular complexity index is 433. The Kier molecular flexibility index (Phi) is 1.48. The van der Waals surface area contributed by atoms with Crippen LogP contribution in [-0.4, -0.2) is 9.38 Å². The van der Waals surface area contributed by atoms with Crippen LogP contribution in [0.4, 0.5) is 5.82 Å². The van der Waals surface area contributed by atoms with Crippen molar-refractivity contribution in [1.29, 1.82) is 0 Å². The third kappa shape index (κ3) is 0.940. The van der Waals surface area contributed by atoms with Crippen molar-refractivity contribution in [3.63, 3.8) is 0 Å². The lowest BCUT2D eigenvalue weighted by molar-refractivity contribution is 1.19. The molecule has 0 spiro atoms. The zero-order valence-electron chi connectivity index (χ0n) is 6.58. The number of nitrogens with zero attached hydrogens (tertiary/aromatic N) is 2. The Labute approximate surface area is 74.8 Å². The second-order valence-corrected chi connectivity index (χ2v) is 3.09. The van der Waals surface area contributed by atoms with Crippen LogP contribution in [0, 0.1) is 6.92 Å². The number of rotatable bonds is 0. The van der Waals surface area contributed by atoms with Crippen LogP contribution in [0.2, 0.25) is 5.02 Å². The van der Waals surface area contributed by atoms with Crippen molar-refractivity contribution in [3.8, 4) is 0 Å². The van der Waals surface area contributed by atoms with Crippen LogP contribution in [0.1, 0.15) is 5.69 Å².